The van der Waals surface area contributed by atoms with E-state index in [2.05, 4.69) is 0 Å². The Balaban J connectivity index is 3.94. The van der Waals surface area contributed by atoms with E-state index in [1.165, 1.54) is 6.92 Å². The number of aliphatic hydroxyl groups excluding tert-OH is 1. The molecule has 0 aliphatic heterocycles. The molecule has 0 aliphatic carbocycles. The fourth-order valence-corrected chi connectivity index (χ4v) is 0.525. The summed E-state index contributed by atoms with van der Waals surface area (Å²) < 4.78 is 0. The molecule has 4 nitrogen and oxygen atoms in total. The predicted octanol–water partition coefficient (Wildman–Crippen LogP) is -0.585. The number of rotatable bonds is 3. The zero-order valence-electron chi connectivity index (χ0n) is 6.11. The number of hydrogen-bond acceptors (Lipinski definition) is 3. The highest BCUT2D eigenvalue weighted by Gasteiger charge is 2.23. The molecular weight excluding hydrogens is 134 g/mol. The summed E-state index contributed by atoms with van der Waals surface area (Å²) in [4.78, 5) is 10.2. The first-order chi connectivity index (χ1) is 4.46. The molecule has 0 bridgehead atoms. The molecule has 0 spiro atoms. The quantitative estimate of drug-likeness (QED) is 0.498. The molecule has 4 N–H and O–H groups in total. The molecule has 0 saturated heterocycles. The topological polar surface area (TPSA) is 83.6 Å². The second-order valence-electron chi connectivity index (χ2n) is 2.46. The van der Waals surface area contributed by atoms with Gasteiger partial charge in [0.1, 0.15) is 6.04 Å². The number of carbonyl (C=O) groups is 1. The van der Waals surface area contributed by atoms with Gasteiger partial charge in [0.2, 0.25) is 0 Å². The van der Waals surface area contributed by atoms with Crippen LogP contribution >= 0.6 is 0 Å². The van der Waals surface area contributed by atoms with E-state index in [4.69, 9.17) is 15.9 Å². The van der Waals surface area contributed by atoms with Crippen LogP contribution in [0.2, 0.25) is 0 Å². The van der Waals surface area contributed by atoms with Crippen molar-refractivity contribution in [3.05, 3.63) is 0 Å². The van der Waals surface area contributed by atoms with Gasteiger partial charge >= 0.3 is 5.97 Å². The van der Waals surface area contributed by atoms with Crippen molar-refractivity contribution in [2.24, 2.45) is 11.7 Å². The molecule has 0 rings (SSSR count). The van der Waals surface area contributed by atoms with Crippen LogP contribution in [0.25, 0.3) is 0 Å². The Morgan fingerprint density at radius 2 is 1.90 bits per heavy atom. The standard InChI is InChI=1S/C6H13NO3/c1-3(4(2)8)5(7)6(9)10/h3-5,8H,7H2,1-2H3,(H,9,10)/t3-,4+,5?/m0/s1. The molecule has 0 fully saturated rings. The summed E-state index contributed by atoms with van der Waals surface area (Å²) in [5, 5.41) is 17.3. The fourth-order valence-electron chi connectivity index (χ4n) is 0.525. The van der Waals surface area contributed by atoms with Crippen molar-refractivity contribution in [2.75, 3.05) is 0 Å². The first-order valence-electron chi connectivity index (χ1n) is 3.13. The van der Waals surface area contributed by atoms with E-state index in [9.17, 15) is 4.79 Å². The minimum absolute atomic E-state index is 0.405. The van der Waals surface area contributed by atoms with Gasteiger partial charge in [-0.25, -0.2) is 0 Å². The molecule has 0 aromatic heterocycles. The van der Waals surface area contributed by atoms with Crippen molar-refractivity contribution in [2.45, 2.75) is 26.0 Å². The maximum Gasteiger partial charge on any atom is 0.320 e. The lowest BCUT2D eigenvalue weighted by Gasteiger charge is -2.17. The summed E-state index contributed by atoms with van der Waals surface area (Å²) in [6.07, 6.45) is -0.675. The fraction of sp³-hybridized carbons (Fsp3) is 0.833. The van der Waals surface area contributed by atoms with Crippen molar-refractivity contribution in [1.82, 2.24) is 0 Å². The number of carboxylic acid groups (broad SMARTS) is 1. The van der Waals surface area contributed by atoms with Crippen LogP contribution in [0, 0.1) is 5.92 Å². The zero-order chi connectivity index (χ0) is 8.31. The van der Waals surface area contributed by atoms with Gasteiger partial charge in [0, 0.05) is 5.92 Å². The van der Waals surface area contributed by atoms with Crippen molar-refractivity contribution < 1.29 is 15.0 Å². The van der Waals surface area contributed by atoms with Crippen LogP contribution in [0.1, 0.15) is 13.8 Å². The lowest BCUT2D eigenvalue weighted by Crippen LogP contribution is -2.41. The van der Waals surface area contributed by atoms with Crippen molar-refractivity contribution in [3.8, 4) is 0 Å². The van der Waals surface area contributed by atoms with Crippen LogP contribution in [0.15, 0.2) is 0 Å². The van der Waals surface area contributed by atoms with Gasteiger partial charge in [0.25, 0.3) is 0 Å². The molecular formula is C6H13NO3. The van der Waals surface area contributed by atoms with Crippen molar-refractivity contribution in [3.63, 3.8) is 0 Å². The summed E-state index contributed by atoms with van der Waals surface area (Å²) >= 11 is 0. The Morgan fingerprint density at radius 3 is 2.00 bits per heavy atom. The molecule has 0 amide bonds. The zero-order valence-corrected chi connectivity index (χ0v) is 6.11. The monoisotopic (exact) mass is 147 g/mol. The molecule has 0 aromatic carbocycles. The van der Waals surface area contributed by atoms with E-state index in [-0.39, 0.29) is 0 Å². The average Bonchev–Trinajstić information content (AvgIpc) is 1.84. The molecule has 0 radical (unpaired) electrons. The number of aliphatic carboxylic acids is 1. The largest absolute Gasteiger partial charge is 0.480 e. The van der Waals surface area contributed by atoms with Crippen LogP contribution in [0.5, 0.6) is 0 Å². The van der Waals surface area contributed by atoms with Gasteiger partial charge in [-0.05, 0) is 6.92 Å². The van der Waals surface area contributed by atoms with Gasteiger partial charge in [0.15, 0.2) is 0 Å². The van der Waals surface area contributed by atoms with Crippen LogP contribution < -0.4 is 5.73 Å². The first-order valence-corrected chi connectivity index (χ1v) is 3.13. The minimum Gasteiger partial charge on any atom is -0.480 e. The summed E-state index contributed by atoms with van der Waals surface area (Å²) in [5.41, 5.74) is 5.20. The highest BCUT2D eigenvalue weighted by atomic mass is 16.4. The van der Waals surface area contributed by atoms with Crippen LogP contribution in [0.3, 0.4) is 0 Å². The molecule has 0 aromatic rings. The number of aliphatic hydroxyl groups is 1. The second-order valence-corrected chi connectivity index (χ2v) is 2.46. The van der Waals surface area contributed by atoms with E-state index < -0.39 is 24.0 Å². The normalized spacial score (nSPS) is 19.6. The Bertz CT molecular complexity index is 124. The minimum atomic E-state index is -1.08. The molecule has 10 heavy (non-hydrogen) atoms. The van der Waals surface area contributed by atoms with Crippen molar-refractivity contribution >= 4 is 5.97 Å². The molecule has 0 heterocycles. The second kappa shape index (κ2) is 3.53. The van der Waals surface area contributed by atoms with Crippen LogP contribution in [0.4, 0.5) is 0 Å². The molecule has 60 valence electrons. The van der Waals surface area contributed by atoms with Crippen LogP contribution in [-0.4, -0.2) is 28.3 Å². The van der Waals surface area contributed by atoms with Gasteiger partial charge < -0.3 is 15.9 Å². The first kappa shape index (κ1) is 9.39. The third-order valence-corrected chi connectivity index (χ3v) is 1.61. The molecule has 0 aliphatic rings. The summed E-state index contributed by atoms with van der Waals surface area (Å²) in [6, 6.07) is -0.972. The van der Waals surface area contributed by atoms with E-state index in [1.807, 2.05) is 0 Å². The van der Waals surface area contributed by atoms with Crippen LogP contribution in [-0.2, 0) is 4.79 Å². The van der Waals surface area contributed by atoms with Gasteiger partial charge in [-0.2, -0.15) is 0 Å². The molecule has 4 heteroatoms. The summed E-state index contributed by atoms with van der Waals surface area (Å²) in [5.74, 6) is -1.48. The Kier molecular flexibility index (Phi) is 3.32. The predicted molar refractivity (Wildman–Crippen MR) is 36.5 cm³/mol. The highest BCUT2D eigenvalue weighted by Crippen LogP contribution is 2.05. The molecule has 1 unspecified atom stereocenters. The smallest absolute Gasteiger partial charge is 0.320 e. The third kappa shape index (κ3) is 2.33. The third-order valence-electron chi connectivity index (χ3n) is 1.61. The molecule has 0 saturated carbocycles. The number of nitrogens with two attached hydrogens (primary N) is 1. The van der Waals surface area contributed by atoms with E-state index >= 15 is 0 Å². The molecule has 3 atom stereocenters. The lowest BCUT2D eigenvalue weighted by atomic mass is 9.98. The maximum absolute atomic E-state index is 10.2. The SMILES string of the molecule is C[C@H](C(N)C(=O)O)[C@@H](C)O. The van der Waals surface area contributed by atoms with E-state index in [0.29, 0.717) is 0 Å². The maximum atomic E-state index is 10.2. The lowest BCUT2D eigenvalue weighted by molar-refractivity contribution is -0.140. The summed E-state index contributed by atoms with van der Waals surface area (Å²) in [7, 11) is 0. The Morgan fingerprint density at radius 1 is 1.50 bits per heavy atom. The summed E-state index contributed by atoms with van der Waals surface area (Å²) in [6.45, 7) is 3.12. The van der Waals surface area contributed by atoms with Gasteiger partial charge in [-0.3, -0.25) is 4.79 Å². The number of hydrogen-bond donors (Lipinski definition) is 3. The Hall–Kier alpha value is -0.610. The van der Waals surface area contributed by atoms with Gasteiger partial charge in [-0.15, -0.1) is 0 Å². The van der Waals surface area contributed by atoms with Gasteiger partial charge in [-0.1, -0.05) is 6.92 Å². The van der Waals surface area contributed by atoms with Crippen molar-refractivity contribution in [1.29, 1.82) is 0 Å². The number of carboxylic acids is 1. The van der Waals surface area contributed by atoms with E-state index in [1.54, 1.807) is 6.92 Å². The Labute approximate surface area is 59.7 Å². The highest BCUT2D eigenvalue weighted by molar-refractivity contribution is 5.73. The van der Waals surface area contributed by atoms with Gasteiger partial charge in [0.05, 0.1) is 6.10 Å². The van der Waals surface area contributed by atoms with E-state index in [0.717, 1.165) is 0 Å². The average molecular weight is 147 g/mol.